The molecule has 0 saturated carbocycles. The van der Waals surface area contributed by atoms with E-state index in [0.717, 1.165) is 5.69 Å². The zero-order valence-electron chi connectivity index (χ0n) is 18.2. The molecule has 0 spiro atoms. The molecule has 2 unspecified atom stereocenters. The largest absolute Gasteiger partial charge is 0.493 e. The van der Waals surface area contributed by atoms with Crippen molar-refractivity contribution >= 4 is 22.3 Å². The van der Waals surface area contributed by atoms with Crippen molar-refractivity contribution in [2.24, 2.45) is 4.99 Å². The van der Waals surface area contributed by atoms with E-state index in [1.54, 1.807) is 55.5 Å². The maximum atomic E-state index is 14.5. The van der Waals surface area contributed by atoms with Crippen LogP contribution in [0.25, 0.3) is 10.9 Å². The van der Waals surface area contributed by atoms with Crippen LogP contribution in [0.5, 0.6) is 5.75 Å². The number of aliphatic hydroxyl groups is 1. The van der Waals surface area contributed by atoms with Gasteiger partial charge in [0, 0.05) is 22.1 Å². The fourth-order valence-corrected chi connectivity index (χ4v) is 4.81. The van der Waals surface area contributed by atoms with Crippen molar-refractivity contribution in [3.05, 3.63) is 65.9 Å². The highest BCUT2D eigenvalue weighted by Crippen LogP contribution is 2.51. The highest BCUT2D eigenvalue weighted by molar-refractivity contribution is 6.02. The fraction of sp³-hybridized carbons (Fsp3) is 0.360. The predicted molar refractivity (Wildman–Crippen MR) is 119 cm³/mol. The first-order valence-corrected chi connectivity index (χ1v) is 10.6. The fourth-order valence-electron chi connectivity index (χ4n) is 4.81. The minimum Gasteiger partial charge on any atom is -0.493 e. The number of halogens is 3. The molecular weight excluding hydrogens is 417 g/mol. The van der Waals surface area contributed by atoms with Crippen LogP contribution in [0.3, 0.4) is 0 Å². The highest BCUT2D eigenvalue weighted by Gasteiger charge is 2.59. The molecule has 7 heteroatoms. The molecule has 1 N–H and O–H groups in total. The number of alkyl halides is 3. The Labute approximate surface area is 184 Å². The summed E-state index contributed by atoms with van der Waals surface area (Å²) in [6.45, 7) is 5.03. The van der Waals surface area contributed by atoms with Gasteiger partial charge < -0.3 is 9.84 Å². The van der Waals surface area contributed by atoms with Gasteiger partial charge in [0.2, 0.25) is 0 Å². The summed E-state index contributed by atoms with van der Waals surface area (Å²) in [6.07, 6.45) is -4.33. The Morgan fingerprint density at radius 1 is 1.12 bits per heavy atom. The highest BCUT2D eigenvalue weighted by atomic mass is 19.4. The molecule has 2 heterocycles. The zero-order chi connectivity index (χ0) is 23.1. The van der Waals surface area contributed by atoms with Crippen molar-refractivity contribution in [1.82, 2.24) is 4.98 Å². The number of fused-ring (bicyclic) bond motifs is 2. The van der Waals surface area contributed by atoms with Crippen LogP contribution in [0.1, 0.15) is 37.9 Å². The standard InChI is InChI=1S/C25H25F3N2O2/c1-4-24(14-15-32-21-11-6-5-8-18(21)24)23(3,31)22(25(26,27)28)30-20-10-7-9-19-17(20)13-12-16(2)29-19/h5-13,31H,4,14-15H2,1-3H3. The molecule has 3 aromatic rings. The third-order valence-electron chi connectivity index (χ3n) is 6.53. The number of rotatable bonds is 4. The van der Waals surface area contributed by atoms with Crippen LogP contribution in [-0.4, -0.2) is 34.2 Å². The maximum absolute atomic E-state index is 14.5. The van der Waals surface area contributed by atoms with E-state index in [1.807, 2.05) is 6.92 Å². The van der Waals surface area contributed by atoms with Crippen molar-refractivity contribution in [1.29, 1.82) is 0 Å². The summed E-state index contributed by atoms with van der Waals surface area (Å²) < 4.78 is 49.1. The number of para-hydroxylation sites is 1. The molecule has 168 valence electrons. The lowest BCUT2D eigenvalue weighted by atomic mass is 9.61. The first-order chi connectivity index (χ1) is 15.1. The molecule has 0 bridgehead atoms. The number of hydrogen-bond donors (Lipinski definition) is 1. The lowest BCUT2D eigenvalue weighted by Crippen LogP contribution is -2.60. The molecule has 0 fully saturated rings. The van der Waals surface area contributed by atoms with Gasteiger partial charge in [0.05, 0.1) is 17.8 Å². The van der Waals surface area contributed by atoms with Gasteiger partial charge in [-0.3, -0.25) is 4.98 Å². The zero-order valence-corrected chi connectivity index (χ0v) is 18.2. The van der Waals surface area contributed by atoms with Crippen LogP contribution < -0.4 is 4.74 Å². The van der Waals surface area contributed by atoms with Gasteiger partial charge in [-0.25, -0.2) is 4.99 Å². The van der Waals surface area contributed by atoms with Crippen LogP contribution in [0, 0.1) is 6.92 Å². The van der Waals surface area contributed by atoms with Crippen molar-refractivity contribution in [3.63, 3.8) is 0 Å². The summed E-state index contributed by atoms with van der Waals surface area (Å²) in [4.78, 5) is 8.45. The van der Waals surface area contributed by atoms with Crippen LogP contribution in [0.15, 0.2) is 59.6 Å². The molecular formula is C25H25F3N2O2. The molecule has 1 aliphatic rings. The van der Waals surface area contributed by atoms with E-state index in [9.17, 15) is 18.3 Å². The number of aromatic nitrogens is 1. The summed E-state index contributed by atoms with van der Waals surface area (Å²) in [7, 11) is 0. The second-order valence-corrected chi connectivity index (χ2v) is 8.36. The van der Waals surface area contributed by atoms with E-state index in [1.165, 1.54) is 13.0 Å². The average Bonchev–Trinajstić information content (AvgIpc) is 2.75. The number of benzene rings is 2. The lowest BCUT2D eigenvalue weighted by molar-refractivity contribution is -0.0862. The van der Waals surface area contributed by atoms with Crippen molar-refractivity contribution in [3.8, 4) is 5.75 Å². The SMILES string of the molecule is CCC1(C(C)(O)C(=Nc2cccc3nc(C)ccc23)C(F)(F)F)CCOc2ccccc21. The van der Waals surface area contributed by atoms with E-state index >= 15 is 0 Å². The number of nitrogens with zero attached hydrogens (tertiary/aromatic N) is 2. The van der Waals surface area contributed by atoms with E-state index in [0.29, 0.717) is 22.2 Å². The second kappa shape index (κ2) is 7.89. The summed E-state index contributed by atoms with van der Waals surface area (Å²) in [5, 5.41) is 12.2. The summed E-state index contributed by atoms with van der Waals surface area (Å²) in [6, 6.07) is 15.3. The Morgan fingerprint density at radius 3 is 2.59 bits per heavy atom. The molecule has 2 atom stereocenters. The molecule has 4 nitrogen and oxygen atoms in total. The molecule has 4 rings (SSSR count). The number of pyridine rings is 1. The van der Waals surface area contributed by atoms with Crippen LogP contribution in [0.4, 0.5) is 18.9 Å². The Bertz CT molecular complexity index is 1190. The van der Waals surface area contributed by atoms with Crippen LogP contribution in [-0.2, 0) is 5.41 Å². The Morgan fingerprint density at radius 2 is 1.88 bits per heavy atom. The number of aliphatic imine (C=N–C) groups is 1. The topological polar surface area (TPSA) is 54.7 Å². The Hall–Kier alpha value is -2.93. The van der Waals surface area contributed by atoms with Gasteiger partial charge in [-0.05, 0) is 57.0 Å². The normalized spacial score (nSPS) is 21.0. The Balaban J connectivity index is 1.95. The van der Waals surface area contributed by atoms with E-state index in [4.69, 9.17) is 4.74 Å². The molecule has 1 aromatic heterocycles. The first kappa shape index (κ1) is 22.3. The quantitative estimate of drug-likeness (QED) is 0.500. The van der Waals surface area contributed by atoms with Gasteiger partial charge in [0.25, 0.3) is 0 Å². The maximum Gasteiger partial charge on any atom is 0.432 e. The molecule has 0 aliphatic carbocycles. The summed E-state index contributed by atoms with van der Waals surface area (Å²) in [5.41, 5.74) is -2.76. The minimum atomic E-state index is -4.85. The van der Waals surface area contributed by atoms with Crippen LogP contribution in [0.2, 0.25) is 0 Å². The van der Waals surface area contributed by atoms with E-state index in [2.05, 4.69) is 9.98 Å². The van der Waals surface area contributed by atoms with Gasteiger partial charge in [-0.2, -0.15) is 13.2 Å². The number of ether oxygens (including phenoxy) is 1. The van der Waals surface area contributed by atoms with Gasteiger partial charge in [-0.15, -0.1) is 0 Å². The van der Waals surface area contributed by atoms with Crippen molar-refractivity contribution in [2.75, 3.05) is 6.61 Å². The number of aryl methyl sites for hydroxylation is 1. The van der Waals surface area contributed by atoms with E-state index in [-0.39, 0.29) is 25.1 Å². The molecule has 0 radical (unpaired) electrons. The Kier molecular flexibility index (Phi) is 5.49. The van der Waals surface area contributed by atoms with E-state index < -0.39 is 22.9 Å². The third kappa shape index (κ3) is 3.54. The van der Waals surface area contributed by atoms with Gasteiger partial charge in [0.15, 0.2) is 5.71 Å². The number of hydrogen-bond acceptors (Lipinski definition) is 4. The van der Waals surface area contributed by atoms with Gasteiger partial charge in [0.1, 0.15) is 11.4 Å². The first-order valence-electron chi connectivity index (χ1n) is 10.6. The lowest BCUT2D eigenvalue weighted by Gasteiger charge is -2.48. The molecule has 32 heavy (non-hydrogen) atoms. The van der Waals surface area contributed by atoms with Gasteiger partial charge >= 0.3 is 6.18 Å². The molecule has 2 aromatic carbocycles. The average molecular weight is 442 g/mol. The monoisotopic (exact) mass is 442 g/mol. The molecule has 0 saturated heterocycles. The molecule has 1 aliphatic heterocycles. The van der Waals surface area contributed by atoms with Crippen molar-refractivity contribution < 1.29 is 23.0 Å². The summed E-state index contributed by atoms with van der Waals surface area (Å²) >= 11 is 0. The minimum absolute atomic E-state index is 0.120. The summed E-state index contributed by atoms with van der Waals surface area (Å²) in [5.74, 6) is 0.493. The second-order valence-electron chi connectivity index (χ2n) is 8.36. The predicted octanol–water partition coefficient (Wildman–Crippen LogP) is 6.06. The van der Waals surface area contributed by atoms with Crippen molar-refractivity contribution in [2.45, 2.75) is 50.8 Å². The van der Waals surface area contributed by atoms with Crippen LogP contribution >= 0.6 is 0 Å². The molecule has 0 amide bonds. The smallest absolute Gasteiger partial charge is 0.432 e. The van der Waals surface area contributed by atoms with Gasteiger partial charge in [-0.1, -0.05) is 31.2 Å². The third-order valence-corrected chi connectivity index (χ3v) is 6.53.